The van der Waals surface area contributed by atoms with Gasteiger partial charge in [-0.1, -0.05) is 24.3 Å². The monoisotopic (exact) mass is 250 g/mol. The molecule has 0 fully saturated rings. The van der Waals surface area contributed by atoms with Gasteiger partial charge in [0.2, 0.25) is 5.91 Å². The third kappa shape index (κ3) is 3.85. The van der Waals surface area contributed by atoms with Crippen LogP contribution in [-0.2, 0) is 9.59 Å². The van der Waals surface area contributed by atoms with Crippen LogP contribution in [0.1, 0.15) is 30.5 Å². The highest BCUT2D eigenvalue weighted by atomic mass is 16.4. The Morgan fingerprint density at radius 2 is 2.00 bits per heavy atom. The second-order valence-electron chi connectivity index (χ2n) is 4.29. The molecule has 0 radical (unpaired) electrons. The molecule has 0 aliphatic rings. The largest absolute Gasteiger partial charge is 0.481 e. The second kappa shape index (κ2) is 6.16. The molecule has 1 aromatic rings. The number of hydrogen-bond donors (Lipinski definition) is 3. The lowest BCUT2D eigenvalue weighted by atomic mass is 10.0. The van der Waals surface area contributed by atoms with Crippen LogP contribution < -0.4 is 11.1 Å². The number of hydrogen-bond acceptors (Lipinski definition) is 3. The molecular formula is C13H18N2O3. The van der Waals surface area contributed by atoms with Gasteiger partial charge in [-0.2, -0.15) is 0 Å². The SMILES string of the molecule is Cc1ccccc1[C@H](C)NC(=O)C(N)CC(=O)O. The minimum atomic E-state index is -1.08. The molecule has 1 aromatic carbocycles. The van der Waals surface area contributed by atoms with Gasteiger partial charge in [0.05, 0.1) is 18.5 Å². The first-order valence-electron chi connectivity index (χ1n) is 5.75. The number of carboxylic acid groups (broad SMARTS) is 1. The lowest BCUT2D eigenvalue weighted by molar-refractivity contribution is -0.139. The minimum Gasteiger partial charge on any atom is -0.481 e. The minimum absolute atomic E-state index is 0.196. The number of aryl methyl sites for hydroxylation is 1. The molecule has 0 aliphatic carbocycles. The maximum Gasteiger partial charge on any atom is 0.305 e. The van der Waals surface area contributed by atoms with E-state index in [0.717, 1.165) is 11.1 Å². The van der Waals surface area contributed by atoms with Gasteiger partial charge >= 0.3 is 5.97 Å². The Bertz CT molecular complexity index is 446. The summed E-state index contributed by atoms with van der Waals surface area (Å²) in [6, 6.07) is 6.47. The molecule has 1 amide bonds. The number of rotatable bonds is 5. The summed E-state index contributed by atoms with van der Waals surface area (Å²) >= 11 is 0. The first-order valence-corrected chi connectivity index (χ1v) is 5.75. The molecule has 5 heteroatoms. The predicted octanol–water partition coefficient (Wildman–Crippen LogP) is 0.974. The molecular weight excluding hydrogens is 232 g/mol. The van der Waals surface area contributed by atoms with Crippen LogP contribution in [0.5, 0.6) is 0 Å². The van der Waals surface area contributed by atoms with Gasteiger partial charge in [0, 0.05) is 0 Å². The van der Waals surface area contributed by atoms with Crippen molar-refractivity contribution in [3.8, 4) is 0 Å². The Labute approximate surface area is 106 Å². The van der Waals surface area contributed by atoms with Crippen molar-refractivity contribution >= 4 is 11.9 Å². The van der Waals surface area contributed by atoms with Gasteiger partial charge in [-0.15, -0.1) is 0 Å². The smallest absolute Gasteiger partial charge is 0.305 e. The number of aliphatic carboxylic acids is 1. The van der Waals surface area contributed by atoms with Crippen molar-refractivity contribution in [3.05, 3.63) is 35.4 Å². The predicted molar refractivity (Wildman–Crippen MR) is 68.0 cm³/mol. The van der Waals surface area contributed by atoms with Crippen molar-refractivity contribution < 1.29 is 14.7 Å². The van der Waals surface area contributed by atoms with Crippen LogP contribution in [0.4, 0.5) is 0 Å². The van der Waals surface area contributed by atoms with E-state index in [2.05, 4.69) is 5.32 Å². The Morgan fingerprint density at radius 3 is 2.56 bits per heavy atom. The molecule has 5 nitrogen and oxygen atoms in total. The lowest BCUT2D eigenvalue weighted by Crippen LogP contribution is -2.42. The van der Waals surface area contributed by atoms with E-state index in [1.54, 1.807) is 0 Å². The van der Waals surface area contributed by atoms with E-state index in [1.807, 2.05) is 38.1 Å². The number of amides is 1. The molecule has 18 heavy (non-hydrogen) atoms. The summed E-state index contributed by atoms with van der Waals surface area (Å²) in [6.07, 6.45) is -0.369. The molecule has 0 bridgehead atoms. The molecule has 0 spiro atoms. The van der Waals surface area contributed by atoms with Crippen molar-refractivity contribution in [2.75, 3.05) is 0 Å². The van der Waals surface area contributed by atoms with Gasteiger partial charge in [-0.25, -0.2) is 0 Å². The fourth-order valence-electron chi connectivity index (χ4n) is 1.75. The third-order valence-corrected chi connectivity index (χ3v) is 2.75. The number of nitrogens with one attached hydrogen (secondary N) is 1. The van der Waals surface area contributed by atoms with E-state index in [1.165, 1.54) is 0 Å². The highest BCUT2D eigenvalue weighted by Crippen LogP contribution is 2.16. The highest BCUT2D eigenvalue weighted by molar-refractivity contribution is 5.86. The fraction of sp³-hybridized carbons (Fsp3) is 0.385. The Hall–Kier alpha value is -1.88. The highest BCUT2D eigenvalue weighted by Gasteiger charge is 2.19. The molecule has 1 rings (SSSR count). The number of carbonyl (C=O) groups excluding carboxylic acids is 1. The number of nitrogens with two attached hydrogens (primary N) is 1. The molecule has 1 unspecified atom stereocenters. The second-order valence-corrected chi connectivity index (χ2v) is 4.29. The Balaban J connectivity index is 2.65. The first-order chi connectivity index (χ1) is 8.41. The van der Waals surface area contributed by atoms with E-state index in [9.17, 15) is 9.59 Å². The van der Waals surface area contributed by atoms with Gasteiger partial charge in [-0.3, -0.25) is 9.59 Å². The van der Waals surface area contributed by atoms with Gasteiger partial charge in [0.1, 0.15) is 0 Å². The molecule has 0 aromatic heterocycles. The number of carboxylic acids is 1. The van der Waals surface area contributed by atoms with Crippen LogP contribution in [0.3, 0.4) is 0 Å². The van der Waals surface area contributed by atoms with E-state index in [-0.39, 0.29) is 12.5 Å². The van der Waals surface area contributed by atoms with Crippen molar-refractivity contribution in [2.45, 2.75) is 32.4 Å². The van der Waals surface area contributed by atoms with Crippen LogP contribution in [-0.4, -0.2) is 23.0 Å². The van der Waals surface area contributed by atoms with Crippen molar-refractivity contribution in [3.63, 3.8) is 0 Å². The molecule has 0 aliphatic heterocycles. The standard InChI is InChI=1S/C13H18N2O3/c1-8-5-3-4-6-10(8)9(2)15-13(18)11(14)7-12(16)17/h3-6,9,11H,7,14H2,1-2H3,(H,15,18)(H,16,17)/t9-,11?/m0/s1. The normalized spacial score (nSPS) is 13.7. The number of benzene rings is 1. The molecule has 4 N–H and O–H groups in total. The summed E-state index contributed by atoms with van der Waals surface area (Å²) in [4.78, 5) is 22.1. The van der Waals surface area contributed by atoms with E-state index >= 15 is 0 Å². The van der Waals surface area contributed by atoms with Crippen LogP contribution in [0.15, 0.2) is 24.3 Å². The van der Waals surface area contributed by atoms with E-state index in [4.69, 9.17) is 10.8 Å². The number of carbonyl (C=O) groups is 2. The Morgan fingerprint density at radius 1 is 1.39 bits per heavy atom. The molecule has 98 valence electrons. The topological polar surface area (TPSA) is 92.4 Å². The maximum absolute atomic E-state index is 11.7. The van der Waals surface area contributed by atoms with Crippen molar-refractivity contribution in [1.82, 2.24) is 5.32 Å². The van der Waals surface area contributed by atoms with Gasteiger partial charge < -0.3 is 16.2 Å². The first kappa shape index (κ1) is 14.2. The van der Waals surface area contributed by atoms with Crippen molar-refractivity contribution in [2.24, 2.45) is 5.73 Å². The van der Waals surface area contributed by atoms with Crippen LogP contribution in [0, 0.1) is 6.92 Å². The zero-order chi connectivity index (χ0) is 13.7. The average molecular weight is 250 g/mol. The Kier molecular flexibility index (Phi) is 4.85. The van der Waals surface area contributed by atoms with Gasteiger partial charge in [0.15, 0.2) is 0 Å². The fourth-order valence-corrected chi connectivity index (χ4v) is 1.75. The summed E-state index contributed by atoms with van der Waals surface area (Å²) < 4.78 is 0. The van der Waals surface area contributed by atoms with Crippen LogP contribution >= 0.6 is 0 Å². The summed E-state index contributed by atoms with van der Waals surface area (Å²) in [7, 11) is 0. The van der Waals surface area contributed by atoms with Crippen LogP contribution in [0.25, 0.3) is 0 Å². The summed E-state index contributed by atoms with van der Waals surface area (Å²) in [5, 5.41) is 11.3. The van der Waals surface area contributed by atoms with E-state index < -0.39 is 17.9 Å². The summed E-state index contributed by atoms with van der Waals surface area (Å²) in [6.45, 7) is 3.79. The lowest BCUT2D eigenvalue weighted by Gasteiger charge is -2.18. The quantitative estimate of drug-likeness (QED) is 0.726. The summed E-state index contributed by atoms with van der Waals surface area (Å²) in [5.74, 6) is -1.53. The van der Waals surface area contributed by atoms with Gasteiger partial charge in [0.25, 0.3) is 0 Å². The van der Waals surface area contributed by atoms with Crippen LogP contribution in [0.2, 0.25) is 0 Å². The maximum atomic E-state index is 11.7. The summed E-state index contributed by atoms with van der Waals surface area (Å²) in [5.41, 5.74) is 7.55. The molecule has 0 saturated heterocycles. The zero-order valence-corrected chi connectivity index (χ0v) is 10.5. The van der Waals surface area contributed by atoms with Gasteiger partial charge in [-0.05, 0) is 25.0 Å². The molecule has 0 heterocycles. The van der Waals surface area contributed by atoms with E-state index in [0.29, 0.717) is 0 Å². The average Bonchev–Trinajstić information content (AvgIpc) is 2.28. The third-order valence-electron chi connectivity index (χ3n) is 2.75. The zero-order valence-electron chi connectivity index (χ0n) is 10.5. The van der Waals surface area contributed by atoms with Crippen molar-refractivity contribution in [1.29, 1.82) is 0 Å². The molecule has 2 atom stereocenters. The molecule has 0 saturated carbocycles.